The zero-order chi connectivity index (χ0) is 23.2. The number of fused-ring (bicyclic) bond motifs is 2. The summed E-state index contributed by atoms with van der Waals surface area (Å²) >= 11 is 7.24. The van der Waals surface area contributed by atoms with E-state index in [9.17, 15) is 13.2 Å². The van der Waals surface area contributed by atoms with Crippen LogP contribution < -0.4 is 5.73 Å². The van der Waals surface area contributed by atoms with Crippen molar-refractivity contribution in [1.29, 1.82) is 0 Å². The molecule has 1 aliphatic heterocycles. The first kappa shape index (κ1) is 22.2. The molecule has 1 saturated heterocycles. The van der Waals surface area contributed by atoms with Crippen LogP contribution in [0.4, 0.5) is 5.82 Å². The van der Waals surface area contributed by atoms with Gasteiger partial charge in [-0.3, -0.25) is 4.90 Å². The predicted molar refractivity (Wildman–Crippen MR) is 132 cm³/mol. The van der Waals surface area contributed by atoms with Crippen molar-refractivity contribution >= 4 is 65.9 Å². The summed E-state index contributed by atoms with van der Waals surface area (Å²) < 4.78 is 29.1. The topological polar surface area (TPSA) is 96.6 Å². The summed E-state index contributed by atoms with van der Waals surface area (Å²) in [5.74, 6) is 0.479. The summed E-state index contributed by atoms with van der Waals surface area (Å²) in [5.41, 5.74) is 6.96. The highest BCUT2D eigenvalue weighted by Gasteiger charge is 2.35. The van der Waals surface area contributed by atoms with Crippen molar-refractivity contribution in [1.82, 2.24) is 14.2 Å². The number of aldehydes is 1. The van der Waals surface area contributed by atoms with Crippen LogP contribution in [0.15, 0.2) is 58.9 Å². The fraction of sp³-hybridized carbons (Fsp3) is 0.217. The van der Waals surface area contributed by atoms with Crippen molar-refractivity contribution < 1.29 is 13.2 Å². The number of pyridine rings is 1. The maximum atomic E-state index is 13.3. The molecule has 33 heavy (non-hydrogen) atoms. The maximum absolute atomic E-state index is 13.3. The molecule has 10 heteroatoms. The van der Waals surface area contributed by atoms with Crippen LogP contribution in [0.3, 0.4) is 0 Å². The van der Waals surface area contributed by atoms with E-state index in [1.165, 1.54) is 15.6 Å². The Hall–Kier alpha value is -2.56. The normalized spacial score (nSPS) is 18.2. The fourth-order valence-corrected chi connectivity index (χ4v) is 7.46. The third-order valence-electron chi connectivity index (χ3n) is 5.95. The number of carbonyl (C=O) groups is 1. The zero-order valence-electron chi connectivity index (χ0n) is 17.5. The van der Waals surface area contributed by atoms with Gasteiger partial charge in [-0.05, 0) is 46.7 Å². The van der Waals surface area contributed by atoms with E-state index >= 15 is 0 Å². The molecule has 170 valence electrons. The molecule has 1 unspecified atom stereocenters. The van der Waals surface area contributed by atoms with Crippen LogP contribution >= 0.6 is 22.9 Å². The highest BCUT2D eigenvalue weighted by atomic mass is 35.5. The van der Waals surface area contributed by atoms with Crippen LogP contribution in [-0.2, 0) is 21.4 Å². The molecule has 0 aliphatic carbocycles. The van der Waals surface area contributed by atoms with Crippen LogP contribution in [0.5, 0.6) is 0 Å². The van der Waals surface area contributed by atoms with E-state index in [0.717, 1.165) is 32.7 Å². The van der Waals surface area contributed by atoms with Crippen molar-refractivity contribution in [2.75, 3.05) is 25.4 Å². The van der Waals surface area contributed by atoms with E-state index in [1.54, 1.807) is 24.4 Å². The molecule has 1 aliphatic rings. The zero-order valence-corrected chi connectivity index (χ0v) is 19.9. The molecule has 4 aromatic rings. The molecule has 2 aromatic heterocycles. The minimum atomic E-state index is -3.71. The SMILES string of the molecule is Nc1nccc2cc(CN3CCN(S(=O)(=O)c4cc5ccc(Cl)cc5s4)CC3C=O)ccc12. The molecular formula is C23H21ClN4O3S2. The minimum absolute atomic E-state index is 0.116. The van der Waals surface area contributed by atoms with Crippen LogP contribution in [0.1, 0.15) is 5.56 Å². The van der Waals surface area contributed by atoms with Crippen molar-refractivity contribution in [3.05, 3.63) is 65.3 Å². The van der Waals surface area contributed by atoms with Gasteiger partial charge >= 0.3 is 0 Å². The molecule has 0 amide bonds. The van der Waals surface area contributed by atoms with E-state index < -0.39 is 16.1 Å². The molecule has 7 nitrogen and oxygen atoms in total. The minimum Gasteiger partial charge on any atom is -0.383 e. The lowest BCUT2D eigenvalue weighted by Gasteiger charge is -2.38. The second kappa shape index (κ2) is 8.66. The van der Waals surface area contributed by atoms with Gasteiger partial charge in [0, 0.05) is 47.5 Å². The van der Waals surface area contributed by atoms with Gasteiger partial charge in [0.25, 0.3) is 10.0 Å². The van der Waals surface area contributed by atoms with Gasteiger partial charge in [-0.15, -0.1) is 11.3 Å². The Balaban J connectivity index is 1.35. The summed E-state index contributed by atoms with van der Waals surface area (Å²) in [7, 11) is -3.71. The number of hydrogen-bond donors (Lipinski definition) is 1. The van der Waals surface area contributed by atoms with Gasteiger partial charge in [-0.2, -0.15) is 4.31 Å². The number of halogens is 1. The largest absolute Gasteiger partial charge is 0.383 e. The van der Waals surface area contributed by atoms with Gasteiger partial charge in [-0.1, -0.05) is 29.8 Å². The Morgan fingerprint density at radius 2 is 1.97 bits per heavy atom. The number of thiophene rings is 1. The van der Waals surface area contributed by atoms with E-state index in [0.29, 0.717) is 30.5 Å². The van der Waals surface area contributed by atoms with Crippen LogP contribution in [-0.4, -0.2) is 54.6 Å². The molecule has 3 heterocycles. The molecule has 0 bridgehead atoms. The number of rotatable bonds is 5. The molecule has 0 radical (unpaired) electrons. The first-order chi connectivity index (χ1) is 15.8. The smallest absolute Gasteiger partial charge is 0.252 e. The number of nitrogens with two attached hydrogens (primary N) is 1. The number of carbonyl (C=O) groups excluding carboxylic acids is 1. The predicted octanol–water partition coefficient (Wildman–Crippen LogP) is 3.76. The average molecular weight is 501 g/mol. The van der Waals surface area contributed by atoms with Crippen molar-refractivity contribution in [2.45, 2.75) is 16.8 Å². The Labute approximate surface area is 200 Å². The standard InChI is InChI=1S/C23H21ClN4O3S2/c24-18-3-2-17-10-22(32-21(17)11-18)33(30,31)28-8-7-27(19(13-28)14-29)12-15-1-4-20-16(9-15)5-6-26-23(20)25/h1-6,9-11,14,19H,7-8,12-13H2,(H2,25,26). The summed E-state index contributed by atoms with van der Waals surface area (Å²) in [4.78, 5) is 18.0. The molecule has 5 rings (SSSR count). The van der Waals surface area contributed by atoms with Gasteiger partial charge in [0.15, 0.2) is 0 Å². The van der Waals surface area contributed by atoms with Gasteiger partial charge in [-0.25, -0.2) is 13.4 Å². The first-order valence-corrected chi connectivity index (χ1v) is 13.0. The molecule has 2 N–H and O–H groups in total. The van der Waals surface area contributed by atoms with Crippen molar-refractivity contribution in [3.8, 4) is 0 Å². The number of nitrogen functional groups attached to an aromatic ring is 1. The second-order valence-electron chi connectivity index (χ2n) is 8.04. The van der Waals surface area contributed by atoms with E-state index in [1.807, 2.05) is 35.2 Å². The summed E-state index contributed by atoms with van der Waals surface area (Å²) in [6.07, 6.45) is 2.50. The second-order valence-corrected chi connectivity index (χ2v) is 11.7. The van der Waals surface area contributed by atoms with Crippen LogP contribution in [0.25, 0.3) is 20.9 Å². The van der Waals surface area contributed by atoms with Crippen molar-refractivity contribution in [3.63, 3.8) is 0 Å². The van der Waals surface area contributed by atoms with E-state index in [-0.39, 0.29) is 10.8 Å². The molecule has 1 fully saturated rings. The number of hydrogen-bond acceptors (Lipinski definition) is 7. The number of sulfonamides is 1. The van der Waals surface area contributed by atoms with Gasteiger partial charge in [0.1, 0.15) is 16.3 Å². The van der Waals surface area contributed by atoms with Gasteiger partial charge in [0.2, 0.25) is 0 Å². The molecule has 2 aromatic carbocycles. The number of nitrogens with zero attached hydrogens (tertiary/aromatic N) is 3. The summed E-state index contributed by atoms with van der Waals surface area (Å²) in [6, 6.07) is 14.3. The Bertz CT molecular complexity index is 1470. The summed E-state index contributed by atoms with van der Waals surface area (Å²) in [5, 5.41) is 3.26. The molecule has 0 spiro atoms. The Morgan fingerprint density at radius 1 is 1.12 bits per heavy atom. The lowest BCUT2D eigenvalue weighted by molar-refractivity contribution is -0.114. The van der Waals surface area contributed by atoms with Gasteiger partial charge < -0.3 is 10.5 Å². The van der Waals surface area contributed by atoms with Crippen LogP contribution in [0, 0.1) is 0 Å². The third-order valence-corrected chi connectivity index (χ3v) is 9.60. The van der Waals surface area contributed by atoms with E-state index in [2.05, 4.69) is 4.98 Å². The quantitative estimate of drug-likeness (QED) is 0.419. The van der Waals surface area contributed by atoms with Gasteiger partial charge in [0.05, 0.1) is 6.04 Å². The highest BCUT2D eigenvalue weighted by molar-refractivity contribution is 7.91. The molecule has 0 saturated carbocycles. The number of piperazine rings is 1. The first-order valence-electron chi connectivity index (χ1n) is 10.4. The monoisotopic (exact) mass is 500 g/mol. The van der Waals surface area contributed by atoms with Crippen LogP contribution in [0.2, 0.25) is 5.02 Å². The number of benzene rings is 2. The maximum Gasteiger partial charge on any atom is 0.252 e. The number of aromatic nitrogens is 1. The molecular weight excluding hydrogens is 480 g/mol. The lowest BCUT2D eigenvalue weighted by Crippen LogP contribution is -2.54. The molecule has 1 atom stereocenters. The highest BCUT2D eigenvalue weighted by Crippen LogP contribution is 2.33. The van der Waals surface area contributed by atoms with Crippen molar-refractivity contribution in [2.24, 2.45) is 0 Å². The Morgan fingerprint density at radius 3 is 2.79 bits per heavy atom. The fourth-order valence-electron chi connectivity index (χ4n) is 4.18. The Kier molecular flexibility index (Phi) is 5.84. The third kappa shape index (κ3) is 4.22. The summed E-state index contributed by atoms with van der Waals surface area (Å²) in [6.45, 7) is 1.42. The number of anilines is 1. The van der Waals surface area contributed by atoms with E-state index in [4.69, 9.17) is 17.3 Å². The lowest BCUT2D eigenvalue weighted by atomic mass is 10.1. The average Bonchev–Trinajstić information content (AvgIpc) is 3.23.